The fourth-order valence-electron chi connectivity index (χ4n) is 3.83. The predicted octanol–water partition coefficient (Wildman–Crippen LogP) is 3.60. The molecule has 6 heteroatoms. The van der Waals surface area contributed by atoms with Crippen LogP contribution in [0.25, 0.3) is 11.1 Å². The fraction of sp³-hybridized carbons (Fsp3) is 0. The van der Waals surface area contributed by atoms with Crippen molar-refractivity contribution in [3.8, 4) is 0 Å². The molecule has 32 heavy (non-hydrogen) atoms. The van der Waals surface area contributed by atoms with Crippen LogP contribution >= 0.6 is 0 Å². The van der Waals surface area contributed by atoms with Crippen molar-refractivity contribution in [1.29, 1.82) is 0 Å². The van der Waals surface area contributed by atoms with E-state index in [4.69, 9.17) is 0 Å². The number of carbonyl (C=O) groups excluding carboxylic acids is 4. The van der Waals surface area contributed by atoms with Crippen LogP contribution in [0, 0.1) is 0 Å². The van der Waals surface area contributed by atoms with Crippen molar-refractivity contribution in [2.75, 3.05) is 9.80 Å². The first kappa shape index (κ1) is 19.4. The number of amides is 4. The van der Waals surface area contributed by atoms with Crippen LogP contribution in [0.5, 0.6) is 0 Å². The predicted molar refractivity (Wildman–Crippen MR) is 120 cm³/mol. The zero-order valence-electron chi connectivity index (χ0n) is 16.8. The molecule has 0 radical (unpaired) electrons. The summed E-state index contributed by atoms with van der Waals surface area (Å²) >= 11 is 0. The van der Waals surface area contributed by atoms with E-state index in [0.717, 1.165) is 9.80 Å². The molecule has 4 amide bonds. The van der Waals surface area contributed by atoms with Gasteiger partial charge in [0.15, 0.2) is 0 Å². The SMILES string of the molecule is O=C1C=C(c2ccc(C3=CC(=O)N(c4ccccc4)C3=O)cc2)C(=O)N1c1ccccc1. The lowest BCUT2D eigenvalue weighted by molar-refractivity contribution is -0.121. The molecule has 0 aromatic heterocycles. The summed E-state index contributed by atoms with van der Waals surface area (Å²) in [6.45, 7) is 0. The molecular weight excluding hydrogens is 404 g/mol. The first-order valence-electron chi connectivity index (χ1n) is 9.96. The molecule has 3 aromatic carbocycles. The zero-order valence-corrected chi connectivity index (χ0v) is 16.8. The third-order valence-corrected chi connectivity index (χ3v) is 5.38. The van der Waals surface area contributed by atoms with Crippen LogP contribution in [-0.4, -0.2) is 23.6 Å². The van der Waals surface area contributed by atoms with Crippen molar-refractivity contribution < 1.29 is 19.2 Å². The molecule has 0 spiro atoms. The van der Waals surface area contributed by atoms with Crippen molar-refractivity contribution in [2.24, 2.45) is 0 Å². The Kier molecular flexibility index (Phi) is 4.60. The van der Waals surface area contributed by atoms with Gasteiger partial charge in [-0.25, -0.2) is 9.80 Å². The summed E-state index contributed by atoms with van der Waals surface area (Å²) in [5, 5.41) is 0. The highest BCUT2D eigenvalue weighted by Gasteiger charge is 2.34. The van der Waals surface area contributed by atoms with E-state index >= 15 is 0 Å². The molecule has 6 nitrogen and oxygen atoms in total. The Morgan fingerprint density at radius 1 is 0.438 bits per heavy atom. The van der Waals surface area contributed by atoms with Crippen LogP contribution in [0.3, 0.4) is 0 Å². The minimum atomic E-state index is -0.407. The fourth-order valence-corrected chi connectivity index (χ4v) is 3.83. The summed E-state index contributed by atoms with van der Waals surface area (Å²) in [6, 6.07) is 24.1. The Morgan fingerprint density at radius 3 is 1.12 bits per heavy atom. The minimum absolute atomic E-state index is 0.277. The number of carbonyl (C=O) groups is 4. The van der Waals surface area contributed by atoms with Crippen LogP contribution in [0.2, 0.25) is 0 Å². The lowest BCUT2D eigenvalue weighted by Gasteiger charge is -2.15. The maximum absolute atomic E-state index is 12.9. The third-order valence-electron chi connectivity index (χ3n) is 5.38. The van der Waals surface area contributed by atoms with Crippen molar-refractivity contribution in [3.63, 3.8) is 0 Å². The van der Waals surface area contributed by atoms with Gasteiger partial charge in [-0.15, -0.1) is 0 Å². The number of rotatable bonds is 4. The summed E-state index contributed by atoms with van der Waals surface area (Å²) in [5.74, 6) is -1.62. The monoisotopic (exact) mass is 420 g/mol. The van der Waals surface area contributed by atoms with E-state index in [0.29, 0.717) is 22.5 Å². The average molecular weight is 420 g/mol. The van der Waals surface area contributed by atoms with E-state index in [2.05, 4.69) is 0 Å². The van der Waals surface area contributed by atoms with Gasteiger partial charge in [0.2, 0.25) is 0 Å². The maximum atomic E-state index is 12.9. The minimum Gasteiger partial charge on any atom is -0.269 e. The van der Waals surface area contributed by atoms with Gasteiger partial charge < -0.3 is 0 Å². The molecule has 2 aliphatic heterocycles. The molecule has 154 valence electrons. The number of nitrogens with zero attached hydrogens (tertiary/aromatic N) is 2. The highest BCUT2D eigenvalue weighted by molar-refractivity contribution is 6.44. The van der Waals surface area contributed by atoms with Crippen molar-refractivity contribution >= 4 is 46.1 Å². The molecule has 0 unspecified atom stereocenters. The molecule has 5 rings (SSSR count). The molecule has 0 fully saturated rings. The summed E-state index contributed by atoms with van der Waals surface area (Å²) in [7, 11) is 0. The molecule has 0 saturated carbocycles. The molecule has 2 aliphatic rings. The van der Waals surface area contributed by atoms with Crippen LogP contribution in [0.1, 0.15) is 11.1 Å². The summed E-state index contributed by atoms with van der Waals surface area (Å²) in [6.07, 6.45) is 2.62. The Hall–Kier alpha value is -4.58. The first-order valence-corrected chi connectivity index (χ1v) is 9.96. The molecule has 0 bridgehead atoms. The van der Waals surface area contributed by atoms with E-state index in [1.165, 1.54) is 12.2 Å². The highest BCUT2D eigenvalue weighted by Crippen LogP contribution is 2.31. The summed E-state index contributed by atoms with van der Waals surface area (Å²) < 4.78 is 0. The van der Waals surface area contributed by atoms with Gasteiger partial charge in [-0.3, -0.25) is 19.2 Å². The first-order chi connectivity index (χ1) is 15.5. The second kappa shape index (κ2) is 7.59. The van der Waals surface area contributed by atoms with Crippen molar-refractivity contribution in [3.05, 3.63) is 108 Å². The number of anilines is 2. The second-order valence-electron chi connectivity index (χ2n) is 7.32. The van der Waals surface area contributed by atoms with Crippen LogP contribution in [0.4, 0.5) is 11.4 Å². The van der Waals surface area contributed by atoms with Crippen molar-refractivity contribution in [2.45, 2.75) is 0 Å². The Bertz CT molecular complexity index is 1220. The smallest absolute Gasteiger partial charge is 0.266 e. The Balaban J connectivity index is 1.40. The van der Waals surface area contributed by atoms with Gasteiger partial charge >= 0.3 is 0 Å². The topological polar surface area (TPSA) is 74.8 Å². The number of hydrogen-bond donors (Lipinski definition) is 0. The van der Waals surface area contributed by atoms with E-state index in [-0.39, 0.29) is 11.1 Å². The molecule has 3 aromatic rings. The van der Waals surface area contributed by atoms with Gasteiger partial charge in [-0.2, -0.15) is 0 Å². The Labute approximate surface area is 183 Å². The van der Waals surface area contributed by atoms with E-state index in [9.17, 15) is 19.2 Å². The van der Waals surface area contributed by atoms with Crippen LogP contribution < -0.4 is 9.80 Å². The van der Waals surface area contributed by atoms with Gasteiger partial charge in [0, 0.05) is 12.2 Å². The molecule has 0 aliphatic carbocycles. The zero-order chi connectivity index (χ0) is 22.2. The molecule has 0 atom stereocenters. The highest BCUT2D eigenvalue weighted by atomic mass is 16.2. The standard InChI is InChI=1S/C26H16N2O4/c29-23-15-21(25(31)27(23)19-7-3-1-4-8-19)17-11-13-18(14-12-17)22-16-24(30)28(26(22)32)20-9-5-2-6-10-20/h1-16H. The average Bonchev–Trinajstić information content (AvgIpc) is 3.29. The summed E-state index contributed by atoms with van der Waals surface area (Å²) in [4.78, 5) is 52.9. The largest absolute Gasteiger partial charge is 0.269 e. The normalized spacial score (nSPS) is 16.0. The third kappa shape index (κ3) is 3.15. The second-order valence-corrected chi connectivity index (χ2v) is 7.32. The van der Waals surface area contributed by atoms with E-state index < -0.39 is 23.6 Å². The molecule has 0 N–H and O–H groups in total. The number of hydrogen-bond acceptors (Lipinski definition) is 4. The van der Waals surface area contributed by atoms with Gasteiger partial charge in [0.1, 0.15) is 0 Å². The lowest BCUT2D eigenvalue weighted by Crippen LogP contribution is -2.30. The Morgan fingerprint density at radius 2 is 0.781 bits per heavy atom. The maximum Gasteiger partial charge on any atom is 0.266 e. The molecular formula is C26H16N2O4. The van der Waals surface area contributed by atoms with Gasteiger partial charge in [0.05, 0.1) is 22.5 Å². The van der Waals surface area contributed by atoms with Gasteiger partial charge in [-0.1, -0.05) is 60.7 Å². The quantitative estimate of drug-likeness (QED) is 0.605. The van der Waals surface area contributed by atoms with Gasteiger partial charge in [0.25, 0.3) is 23.6 Å². The molecule has 0 saturated heterocycles. The summed E-state index contributed by atoms with van der Waals surface area (Å²) in [5.41, 5.74) is 2.68. The van der Waals surface area contributed by atoms with E-state index in [1.807, 2.05) is 12.1 Å². The lowest BCUT2D eigenvalue weighted by atomic mass is 10.0. The van der Waals surface area contributed by atoms with Gasteiger partial charge in [-0.05, 0) is 35.4 Å². The van der Waals surface area contributed by atoms with Crippen molar-refractivity contribution in [1.82, 2.24) is 0 Å². The molecule has 2 heterocycles. The van der Waals surface area contributed by atoms with Crippen LogP contribution in [0.15, 0.2) is 97.1 Å². The number of benzene rings is 3. The van der Waals surface area contributed by atoms with Crippen LogP contribution in [-0.2, 0) is 19.2 Å². The number of para-hydroxylation sites is 2. The van der Waals surface area contributed by atoms with E-state index in [1.54, 1.807) is 72.8 Å². The number of imide groups is 2.